The van der Waals surface area contributed by atoms with Crippen LogP contribution in [0.2, 0.25) is 0 Å². The van der Waals surface area contributed by atoms with Crippen molar-refractivity contribution >= 4 is 23.3 Å². The molecule has 3 aromatic rings. The molecule has 41 heavy (non-hydrogen) atoms. The fraction of sp³-hybridized carbons (Fsp3) is 0.394. The molecule has 0 saturated carbocycles. The van der Waals surface area contributed by atoms with Crippen LogP contribution < -0.4 is 20.1 Å². The number of carboxylic acid groups (broad SMARTS) is 1. The SMILES string of the molecule is CC(=O)O.CCNc1ccc(C2CC(c3ccc4c(c3)OCO4)CN2CC(=O)Nc2c(CC)cccc2CC)cc1. The molecule has 2 aliphatic rings. The van der Waals surface area contributed by atoms with Gasteiger partial charge in [0.15, 0.2) is 11.5 Å². The highest BCUT2D eigenvalue weighted by Crippen LogP contribution is 2.43. The lowest BCUT2D eigenvalue weighted by Crippen LogP contribution is -2.33. The smallest absolute Gasteiger partial charge is 0.300 e. The first-order chi connectivity index (χ1) is 19.8. The third-order valence-corrected chi connectivity index (χ3v) is 7.56. The third kappa shape index (κ3) is 7.58. The van der Waals surface area contributed by atoms with Gasteiger partial charge in [-0.25, -0.2) is 0 Å². The van der Waals surface area contributed by atoms with Crippen LogP contribution in [0.3, 0.4) is 0 Å². The van der Waals surface area contributed by atoms with Crippen molar-refractivity contribution in [3.8, 4) is 11.5 Å². The molecule has 0 aromatic heterocycles. The molecule has 3 aromatic carbocycles. The second-order valence-corrected chi connectivity index (χ2v) is 10.4. The Morgan fingerprint density at radius 3 is 2.20 bits per heavy atom. The van der Waals surface area contributed by atoms with Crippen molar-refractivity contribution in [2.45, 2.75) is 58.9 Å². The molecular formula is C33H41N3O5. The summed E-state index contributed by atoms with van der Waals surface area (Å²) in [5, 5.41) is 14.1. The van der Waals surface area contributed by atoms with E-state index in [4.69, 9.17) is 19.4 Å². The van der Waals surface area contributed by atoms with Crippen molar-refractivity contribution in [2.24, 2.45) is 0 Å². The number of aryl methyl sites for hydroxylation is 2. The number of para-hydroxylation sites is 1. The van der Waals surface area contributed by atoms with Gasteiger partial charge in [0, 0.05) is 37.4 Å². The molecule has 0 radical (unpaired) electrons. The quantitative estimate of drug-likeness (QED) is 0.286. The van der Waals surface area contributed by atoms with E-state index in [-0.39, 0.29) is 18.7 Å². The zero-order chi connectivity index (χ0) is 29.4. The number of carboxylic acids is 1. The van der Waals surface area contributed by atoms with Crippen LogP contribution in [0.1, 0.15) is 68.3 Å². The minimum Gasteiger partial charge on any atom is -0.481 e. The van der Waals surface area contributed by atoms with E-state index in [0.717, 1.165) is 62.1 Å². The van der Waals surface area contributed by atoms with Crippen molar-refractivity contribution in [3.05, 3.63) is 82.9 Å². The van der Waals surface area contributed by atoms with E-state index in [1.807, 2.05) is 6.07 Å². The number of likely N-dealkylation sites (tertiary alicyclic amines) is 1. The molecule has 1 saturated heterocycles. The molecular weight excluding hydrogens is 518 g/mol. The molecule has 3 N–H and O–H groups in total. The first-order valence-electron chi connectivity index (χ1n) is 14.4. The van der Waals surface area contributed by atoms with Gasteiger partial charge in [0.2, 0.25) is 12.7 Å². The number of amides is 1. The van der Waals surface area contributed by atoms with Crippen molar-refractivity contribution < 1.29 is 24.2 Å². The summed E-state index contributed by atoms with van der Waals surface area (Å²) in [5.41, 5.74) is 6.93. The number of rotatable bonds is 9. The van der Waals surface area contributed by atoms with Crippen molar-refractivity contribution in [3.63, 3.8) is 0 Å². The fourth-order valence-electron chi connectivity index (χ4n) is 5.63. The van der Waals surface area contributed by atoms with Gasteiger partial charge in [0.05, 0.1) is 6.54 Å². The van der Waals surface area contributed by atoms with Gasteiger partial charge in [-0.1, -0.05) is 50.2 Å². The maximum atomic E-state index is 13.4. The van der Waals surface area contributed by atoms with E-state index in [2.05, 4.69) is 90.9 Å². The van der Waals surface area contributed by atoms with Gasteiger partial charge in [-0.2, -0.15) is 0 Å². The van der Waals surface area contributed by atoms with Crippen LogP contribution in [0.4, 0.5) is 11.4 Å². The summed E-state index contributed by atoms with van der Waals surface area (Å²) in [6.45, 7) is 9.77. The highest BCUT2D eigenvalue weighted by atomic mass is 16.7. The number of ether oxygens (including phenoxy) is 2. The highest BCUT2D eigenvalue weighted by molar-refractivity contribution is 5.94. The third-order valence-electron chi connectivity index (χ3n) is 7.56. The Morgan fingerprint density at radius 1 is 0.927 bits per heavy atom. The van der Waals surface area contributed by atoms with E-state index in [0.29, 0.717) is 12.5 Å². The Hall–Kier alpha value is -4.04. The number of nitrogens with zero attached hydrogens (tertiary/aromatic N) is 1. The molecule has 1 fully saturated rings. The summed E-state index contributed by atoms with van der Waals surface area (Å²) in [6.07, 6.45) is 2.72. The Bertz CT molecular complexity index is 1310. The molecule has 218 valence electrons. The largest absolute Gasteiger partial charge is 0.481 e. The van der Waals surface area contributed by atoms with Gasteiger partial charge in [0.25, 0.3) is 5.97 Å². The molecule has 0 spiro atoms. The maximum absolute atomic E-state index is 13.4. The van der Waals surface area contributed by atoms with Gasteiger partial charge < -0.3 is 25.2 Å². The summed E-state index contributed by atoms with van der Waals surface area (Å²) in [5.74, 6) is 1.12. The zero-order valence-electron chi connectivity index (χ0n) is 24.4. The average Bonchev–Trinajstić information content (AvgIpc) is 3.60. The average molecular weight is 560 g/mol. The van der Waals surface area contributed by atoms with E-state index in [9.17, 15) is 4.79 Å². The standard InChI is InChI=1S/C31H37N3O3.C2H4O2/c1-4-21-8-7-9-22(5-2)31(21)33-30(35)19-34-18-25(24-12-15-28-29(17-24)37-20-36-28)16-27(34)23-10-13-26(14-11-23)32-6-3;1-2(3)4/h7-15,17,25,27,32H,4-6,16,18-20H2,1-3H3,(H,33,35);1H3,(H,3,4). The number of carbonyl (C=O) groups excluding carboxylic acids is 1. The van der Waals surface area contributed by atoms with Gasteiger partial charge in [0.1, 0.15) is 0 Å². The Balaban J connectivity index is 0.000000909. The Kier molecular flexibility index (Phi) is 10.2. The van der Waals surface area contributed by atoms with E-state index in [1.165, 1.54) is 22.3 Å². The van der Waals surface area contributed by atoms with Crippen LogP contribution in [-0.2, 0) is 22.4 Å². The van der Waals surface area contributed by atoms with Crippen LogP contribution in [0.15, 0.2) is 60.7 Å². The minimum atomic E-state index is -0.833. The number of nitrogens with one attached hydrogen (secondary N) is 2. The van der Waals surface area contributed by atoms with Gasteiger partial charge in [-0.15, -0.1) is 0 Å². The fourth-order valence-corrected chi connectivity index (χ4v) is 5.63. The number of fused-ring (bicyclic) bond motifs is 1. The lowest BCUT2D eigenvalue weighted by atomic mass is 9.93. The Morgan fingerprint density at radius 2 is 1.56 bits per heavy atom. The van der Waals surface area contributed by atoms with Gasteiger partial charge in [-0.3, -0.25) is 14.5 Å². The number of hydrogen-bond acceptors (Lipinski definition) is 6. The number of anilines is 2. The van der Waals surface area contributed by atoms with Crippen LogP contribution >= 0.6 is 0 Å². The second-order valence-electron chi connectivity index (χ2n) is 10.4. The molecule has 8 nitrogen and oxygen atoms in total. The molecule has 2 heterocycles. The van der Waals surface area contributed by atoms with Crippen molar-refractivity contribution in [1.82, 2.24) is 4.90 Å². The molecule has 8 heteroatoms. The first-order valence-corrected chi connectivity index (χ1v) is 14.4. The number of hydrogen-bond donors (Lipinski definition) is 3. The predicted molar refractivity (Wildman–Crippen MR) is 162 cm³/mol. The molecule has 2 unspecified atom stereocenters. The normalized spacial score (nSPS) is 17.5. The van der Waals surface area contributed by atoms with Crippen LogP contribution in [-0.4, -0.2) is 48.3 Å². The van der Waals surface area contributed by atoms with Crippen molar-refractivity contribution in [1.29, 1.82) is 0 Å². The predicted octanol–water partition coefficient (Wildman–Crippen LogP) is 6.23. The van der Waals surface area contributed by atoms with E-state index in [1.54, 1.807) is 0 Å². The van der Waals surface area contributed by atoms with Crippen molar-refractivity contribution in [2.75, 3.05) is 37.1 Å². The minimum absolute atomic E-state index is 0.0382. The summed E-state index contributed by atoms with van der Waals surface area (Å²) in [4.78, 5) is 24.7. The van der Waals surface area contributed by atoms with E-state index >= 15 is 0 Å². The number of aliphatic carboxylic acids is 1. The van der Waals surface area contributed by atoms with Crippen LogP contribution in [0.5, 0.6) is 11.5 Å². The molecule has 5 rings (SSSR count). The van der Waals surface area contributed by atoms with Crippen LogP contribution in [0, 0.1) is 0 Å². The molecule has 1 amide bonds. The summed E-state index contributed by atoms with van der Waals surface area (Å²) in [6, 6.07) is 21.3. The molecule has 0 bridgehead atoms. The maximum Gasteiger partial charge on any atom is 0.300 e. The monoisotopic (exact) mass is 559 g/mol. The van der Waals surface area contributed by atoms with Gasteiger partial charge in [-0.05, 0) is 78.6 Å². The topological polar surface area (TPSA) is 100 Å². The van der Waals surface area contributed by atoms with E-state index < -0.39 is 5.97 Å². The van der Waals surface area contributed by atoms with Crippen LogP contribution in [0.25, 0.3) is 0 Å². The second kappa shape index (κ2) is 14.0. The lowest BCUT2D eigenvalue weighted by Gasteiger charge is -2.25. The zero-order valence-corrected chi connectivity index (χ0v) is 24.4. The highest BCUT2D eigenvalue weighted by Gasteiger charge is 2.35. The molecule has 2 atom stereocenters. The number of carbonyl (C=O) groups is 2. The lowest BCUT2D eigenvalue weighted by molar-refractivity contribution is -0.134. The summed E-state index contributed by atoms with van der Waals surface area (Å²) < 4.78 is 11.2. The first kappa shape index (κ1) is 29.9. The molecule has 0 aliphatic carbocycles. The number of benzene rings is 3. The summed E-state index contributed by atoms with van der Waals surface area (Å²) in [7, 11) is 0. The summed E-state index contributed by atoms with van der Waals surface area (Å²) >= 11 is 0. The Labute approximate surface area is 242 Å². The van der Waals surface area contributed by atoms with Gasteiger partial charge >= 0.3 is 0 Å². The molecule has 2 aliphatic heterocycles.